The summed E-state index contributed by atoms with van der Waals surface area (Å²) in [6, 6.07) is 0.192. The van der Waals surface area contributed by atoms with E-state index in [1.807, 2.05) is 6.08 Å². The number of rotatable bonds is 31. The zero-order valence-corrected chi connectivity index (χ0v) is 56.6. The molecule has 0 aliphatic heterocycles. The Labute approximate surface area is 544 Å². The third-order valence-electron chi connectivity index (χ3n) is 19.5. The molecule has 20 heteroatoms. The van der Waals surface area contributed by atoms with Gasteiger partial charge in [0.15, 0.2) is 0 Å². The molecule has 10 unspecified atom stereocenters. The Morgan fingerprint density at radius 3 is 1.33 bits per heavy atom. The highest BCUT2D eigenvalue weighted by Gasteiger charge is 2.44. The molecule has 5 rings (SSSR count). The topological polar surface area (TPSA) is 273 Å². The van der Waals surface area contributed by atoms with Crippen molar-refractivity contribution in [2.24, 2.45) is 58.5 Å². The minimum absolute atomic E-state index is 0. The fourth-order valence-corrected chi connectivity index (χ4v) is 14.4. The van der Waals surface area contributed by atoms with Crippen LogP contribution in [0.2, 0.25) is 0 Å². The molecule has 90 heavy (non-hydrogen) atoms. The highest BCUT2D eigenvalue weighted by Crippen LogP contribution is 2.49. The van der Waals surface area contributed by atoms with Gasteiger partial charge in [0.25, 0.3) is 0 Å². The van der Waals surface area contributed by atoms with Gasteiger partial charge in [0, 0.05) is 35.0 Å². The van der Waals surface area contributed by atoms with Crippen LogP contribution in [0.1, 0.15) is 242 Å². The summed E-state index contributed by atoms with van der Waals surface area (Å²) in [5.74, 6) is 1.07. The lowest BCUT2D eigenvalue weighted by Gasteiger charge is -2.48. The number of carbonyl (C=O) groups excluding carboxylic acids is 8. The Kier molecular flexibility index (Phi) is 34.2. The third kappa shape index (κ3) is 27.6. The first kappa shape index (κ1) is 76.6. The molecular weight excluding hydrogens is 1150 g/mol. The largest absolute Gasteiger partial charge is 0.462 e. The number of hydrogen-bond acceptors (Lipinski definition) is 16. The summed E-state index contributed by atoms with van der Waals surface area (Å²) in [6.07, 6.45) is 26.8. The summed E-state index contributed by atoms with van der Waals surface area (Å²) < 4.78 is 42.1. The first-order valence-electron chi connectivity index (χ1n) is 34.4. The van der Waals surface area contributed by atoms with Crippen molar-refractivity contribution in [3.8, 4) is 0 Å². The Balaban J connectivity index is 0.00000204. The molecule has 0 aromatic heterocycles. The summed E-state index contributed by atoms with van der Waals surface area (Å²) in [6.45, 7) is 25.7. The second kappa shape index (κ2) is 40.2. The molecule has 0 bridgehead atoms. The van der Waals surface area contributed by atoms with Gasteiger partial charge in [0.1, 0.15) is 50.8 Å². The van der Waals surface area contributed by atoms with E-state index in [1.165, 1.54) is 71.1 Å². The van der Waals surface area contributed by atoms with Gasteiger partial charge in [0.05, 0.1) is 11.8 Å². The maximum Gasteiger partial charge on any atom is 0.407 e. The Hall–Kier alpha value is -5.82. The smallest absolute Gasteiger partial charge is 0.407 e. The lowest BCUT2D eigenvalue weighted by Crippen LogP contribution is -2.52. The zero-order chi connectivity index (χ0) is 66.3. The van der Waals surface area contributed by atoms with Gasteiger partial charge < -0.3 is 59.6 Å². The molecule has 0 heterocycles. The predicted octanol–water partition coefficient (Wildman–Crippen LogP) is 15.0. The van der Waals surface area contributed by atoms with Crippen LogP contribution in [0.3, 0.4) is 0 Å². The van der Waals surface area contributed by atoms with Crippen LogP contribution >= 0.6 is 0 Å². The molecule has 5 aliphatic rings. The van der Waals surface area contributed by atoms with E-state index in [0.717, 1.165) is 114 Å². The van der Waals surface area contributed by atoms with E-state index in [1.54, 1.807) is 40.7 Å². The number of nitrogens with one attached hydrogen (secondary N) is 3. The number of carbonyl (C=O) groups is 8. The highest BCUT2D eigenvalue weighted by molar-refractivity contribution is 5.87. The average Bonchev–Trinajstić information content (AvgIpc) is 0.817. The summed E-state index contributed by atoms with van der Waals surface area (Å²) in [5, 5.41) is 9.18. The maximum atomic E-state index is 13.0. The predicted molar refractivity (Wildman–Crippen MR) is 353 cm³/mol. The van der Waals surface area contributed by atoms with Crippen LogP contribution in [0, 0.1) is 52.8 Å². The molecule has 0 spiro atoms. The van der Waals surface area contributed by atoms with Gasteiger partial charge in [-0.1, -0.05) is 98.0 Å². The summed E-state index contributed by atoms with van der Waals surface area (Å²) in [5.41, 5.74) is 5.61. The lowest BCUT2D eigenvalue weighted by molar-refractivity contribution is -0.163. The minimum atomic E-state index is -0.975. The summed E-state index contributed by atoms with van der Waals surface area (Å²) >= 11 is 0. The molecule has 4 saturated carbocycles. The first-order valence-corrected chi connectivity index (χ1v) is 34.4. The molecular formula is C70H124N4O16. The van der Waals surface area contributed by atoms with Crippen molar-refractivity contribution in [2.75, 3.05) is 26.4 Å². The quantitative estimate of drug-likeness (QED) is 0.0217. The highest BCUT2D eigenvalue weighted by atomic mass is 16.6. The van der Waals surface area contributed by atoms with E-state index in [4.69, 9.17) is 43.6 Å². The molecule has 20 nitrogen and oxygen atoms in total. The van der Waals surface area contributed by atoms with Crippen molar-refractivity contribution < 1.29 is 82.0 Å². The molecule has 0 radical (unpaired) electrons. The van der Waals surface area contributed by atoms with Crippen molar-refractivity contribution in [1.29, 1.82) is 0 Å². The molecule has 4 fully saturated rings. The van der Waals surface area contributed by atoms with E-state index < -0.39 is 84.5 Å². The van der Waals surface area contributed by atoms with Gasteiger partial charge in [-0.15, -0.1) is 0 Å². The number of unbranched alkanes of at least 4 members (excludes halogenated alkanes) is 1. The average molecular weight is 1280 g/mol. The van der Waals surface area contributed by atoms with Crippen LogP contribution in [0.15, 0.2) is 36.5 Å². The Morgan fingerprint density at radius 2 is 0.933 bits per heavy atom. The Morgan fingerprint density at radius 1 is 0.533 bits per heavy atom. The number of nitrogens with two attached hydrogens (primary N) is 1. The number of esters is 4. The van der Waals surface area contributed by atoms with E-state index in [9.17, 15) is 38.4 Å². The third-order valence-corrected chi connectivity index (χ3v) is 19.5. The molecule has 0 aromatic rings. The van der Waals surface area contributed by atoms with E-state index in [0.29, 0.717) is 35.8 Å². The van der Waals surface area contributed by atoms with E-state index in [-0.39, 0.29) is 55.7 Å². The van der Waals surface area contributed by atoms with Crippen molar-refractivity contribution in [3.05, 3.63) is 36.5 Å². The SMILES string of the molecule is C=C(C)C(=O)OCC(C)OC(=O)NC1CCC(CC2CCC(C(CC)CCC)CC2)CC1.C=C(C)C(=O)OCC(C)OC(=O)NC1CCC(CC2CCC(NC(=O)OC(C)COC(=O)C3CC=CCC3C(=O)OCC(C)OC(N)=O)CC2)CC1(CC)CCCC.[HH].[HH].[HH].[HH]. The normalized spacial score (nSPS) is 27.3. The first-order chi connectivity index (χ1) is 42.9. The van der Waals surface area contributed by atoms with Crippen LogP contribution in [0.5, 0.6) is 0 Å². The van der Waals surface area contributed by atoms with Crippen LogP contribution in [-0.4, -0.2) is 117 Å². The van der Waals surface area contributed by atoms with Gasteiger partial charge >= 0.3 is 48.3 Å². The van der Waals surface area contributed by atoms with Crippen LogP contribution in [0.4, 0.5) is 19.2 Å². The fraction of sp³-hybridized carbons (Fsp3) is 0.800. The van der Waals surface area contributed by atoms with Gasteiger partial charge in [-0.05, 0) is 204 Å². The molecule has 4 amide bonds. The van der Waals surface area contributed by atoms with Crippen LogP contribution in [-0.2, 0) is 57.1 Å². The van der Waals surface area contributed by atoms with Crippen molar-refractivity contribution >= 4 is 48.3 Å². The molecule has 5 N–H and O–H groups in total. The maximum absolute atomic E-state index is 13.0. The summed E-state index contributed by atoms with van der Waals surface area (Å²) in [4.78, 5) is 97.8. The minimum Gasteiger partial charge on any atom is -0.462 e. The van der Waals surface area contributed by atoms with Gasteiger partial charge in [0.2, 0.25) is 0 Å². The number of primary amides is 1. The van der Waals surface area contributed by atoms with Gasteiger partial charge in [-0.3, -0.25) is 9.59 Å². The number of hydrogen-bond donors (Lipinski definition) is 4. The van der Waals surface area contributed by atoms with E-state index >= 15 is 0 Å². The fourth-order valence-electron chi connectivity index (χ4n) is 14.4. The number of alkyl carbamates (subject to hydrolysis) is 3. The monoisotopic (exact) mass is 1280 g/mol. The Bertz CT molecular complexity index is 2330. The van der Waals surface area contributed by atoms with Gasteiger partial charge in [-0.2, -0.15) is 0 Å². The van der Waals surface area contributed by atoms with Crippen molar-refractivity contribution in [2.45, 2.75) is 279 Å². The molecule has 0 aromatic carbocycles. The van der Waals surface area contributed by atoms with Crippen molar-refractivity contribution in [1.82, 2.24) is 16.0 Å². The zero-order valence-electron chi connectivity index (χ0n) is 56.6. The molecule has 0 saturated heterocycles. The molecule has 520 valence electrons. The second-order valence-corrected chi connectivity index (χ2v) is 27.2. The lowest BCUT2D eigenvalue weighted by atomic mass is 9.61. The van der Waals surface area contributed by atoms with Crippen molar-refractivity contribution in [3.63, 3.8) is 0 Å². The van der Waals surface area contributed by atoms with Gasteiger partial charge in [-0.25, -0.2) is 28.8 Å². The number of allylic oxidation sites excluding steroid dienone is 2. The number of amides is 4. The summed E-state index contributed by atoms with van der Waals surface area (Å²) in [7, 11) is 0. The van der Waals surface area contributed by atoms with Crippen LogP contribution < -0.4 is 21.7 Å². The van der Waals surface area contributed by atoms with E-state index in [2.05, 4.69) is 56.8 Å². The second-order valence-electron chi connectivity index (χ2n) is 27.2. The standard InChI is InChI=1S/C43H69N3O12.C27H47NO4.4H2/c1-8-10-21-43(9-2)23-32(17-20-36(43)46-42(52)58-29(6)25-53-37(47)27(3)4)22-31-15-18-33(19-16-31)45-41(51)57-30(7)26-55-39(49)35-14-12-11-13-34(35)38(48)54-24-28(5)56-40(44)50;1-6-8-23(7-2)24-13-9-21(10-14-24)17-22-11-15-25(16-12-22)28-27(30)32-20(5)18-31-26(29)19(3)4;;;;/h11-12,28-36H,3,8-10,13-26H2,1-2,4-7H3,(H2,44,50)(H,45,51)(H,46,52);20-25H,3,6-18H2,1-2,4-5H3,(H,28,30);4*1H. The number of ether oxygens (including phenoxy) is 8. The van der Waals surface area contributed by atoms with Crippen LogP contribution in [0.25, 0.3) is 0 Å². The molecule has 10 atom stereocenters. The molecule has 5 aliphatic carbocycles.